The van der Waals surface area contributed by atoms with Gasteiger partial charge in [0.25, 0.3) is 0 Å². The van der Waals surface area contributed by atoms with Crippen LogP contribution in [-0.4, -0.2) is 13.3 Å². The minimum atomic E-state index is -2.44. The van der Waals surface area contributed by atoms with Crippen molar-refractivity contribution >= 4 is 18.4 Å². The molecule has 0 heterocycles. The van der Waals surface area contributed by atoms with Crippen LogP contribution in [0.1, 0.15) is 0 Å². The summed E-state index contributed by atoms with van der Waals surface area (Å²) in [5.74, 6) is 0. The van der Waals surface area contributed by atoms with Crippen molar-refractivity contribution in [2.45, 2.75) is 24.0 Å². The van der Waals surface area contributed by atoms with Gasteiger partial charge in [-0.3, -0.25) is 0 Å². The molecule has 4 heteroatoms. The summed E-state index contributed by atoms with van der Waals surface area (Å²) in [6.07, 6.45) is 0. The summed E-state index contributed by atoms with van der Waals surface area (Å²) in [7, 11) is -2.44. The Bertz CT molecular complexity index is 262. The van der Waals surface area contributed by atoms with E-state index in [1.54, 1.807) is 13.1 Å². The maximum absolute atomic E-state index is 12.5. The largest absolute Gasteiger partial charge is 0.231 e. The third-order valence-corrected chi connectivity index (χ3v) is 6.55. The standard InChI is InChI=1S/C9H12F2SSi/c1-13(2,9(10)11)12-8-6-4-3-5-7-8/h3-7,9H,1-2H3. The lowest BCUT2D eigenvalue weighted by Gasteiger charge is -2.19. The van der Waals surface area contributed by atoms with Crippen LogP contribution in [0.3, 0.4) is 0 Å². The van der Waals surface area contributed by atoms with Crippen LogP contribution in [-0.2, 0) is 0 Å². The second-order valence-corrected chi connectivity index (χ2v) is 11.4. The number of benzene rings is 1. The zero-order chi connectivity index (χ0) is 9.90. The third kappa shape index (κ3) is 3.12. The molecule has 0 aliphatic heterocycles. The van der Waals surface area contributed by atoms with E-state index in [9.17, 15) is 8.78 Å². The van der Waals surface area contributed by atoms with Gasteiger partial charge in [-0.2, -0.15) is 0 Å². The Morgan fingerprint density at radius 2 is 1.69 bits per heavy atom. The number of hydrogen-bond donors (Lipinski definition) is 0. The maximum Gasteiger partial charge on any atom is 0.231 e. The van der Waals surface area contributed by atoms with Gasteiger partial charge in [-0.15, -0.1) is 11.2 Å². The van der Waals surface area contributed by atoms with Crippen LogP contribution in [0, 0.1) is 0 Å². The average Bonchev–Trinajstić information content (AvgIpc) is 2.05. The van der Waals surface area contributed by atoms with Gasteiger partial charge in [0.2, 0.25) is 6.05 Å². The first-order chi connectivity index (χ1) is 6.02. The molecule has 0 N–H and O–H groups in total. The van der Waals surface area contributed by atoms with Gasteiger partial charge >= 0.3 is 0 Å². The van der Waals surface area contributed by atoms with E-state index in [2.05, 4.69) is 0 Å². The summed E-state index contributed by atoms with van der Waals surface area (Å²) in [6, 6.07) is 7.22. The van der Waals surface area contributed by atoms with Crippen molar-refractivity contribution in [3.8, 4) is 0 Å². The fraction of sp³-hybridized carbons (Fsp3) is 0.333. The summed E-state index contributed by atoms with van der Waals surface area (Å²) in [5.41, 5.74) is 0. The highest BCUT2D eigenvalue weighted by Gasteiger charge is 2.33. The first kappa shape index (κ1) is 10.7. The Kier molecular flexibility index (Phi) is 3.50. The summed E-state index contributed by atoms with van der Waals surface area (Å²) >= 11 is 1.34. The molecule has 0 radical (unpaired) electrons. The predicted octanol–water partition coefficient (Wildman–Crippen LogP) is 3.79. The van der Waals surface area contributed by atoms with Crippen LogP contribution in [0.5, 0.6) is 0 Å². The lowest BCUT2D eigenvalue weighted by Crippen LogP contribution is -2.31. The molecule has 0 bridgehead atoms. The van der Waals surface area contributed by atoms with E-state index in [0.717, 1.165) is 4.90 Å². The Hall–Kier alpha value is -0.353. The van der Waals surface area contributed by atoms with Crippen LogP contribution in [0.25, 0.3) is 0 Å². The number of rotatable bonds is 3. The Labute approximate surface area is 82.0 Å². The van der Waals surface area contributed by atoms with Gasteiger partial charge < -0.3 is 0 Å². The van der Waals surface area contributed by atoms with Crippen LogP contribution in [0.4, 0.5) is 8.78 Å². The van der Waals surface area contributed by atoms with Gasteiger partial charge in [-0.05, 0) is 12.1 Å². The smallest absolute Gasteiger partial charge is 0.214 e. The Balaban J connectivity index is 2.69. The highest BCUT2D eigenvalue weighted by atomic mass is 32.4. The quantitative estimate of drug-likeness (QED) is 0.696. The van der Waals surface area contributed by atoms with E-state index < -0.39 is 13.3 Å². The van der Waals surface area contributed by atoms with Gasteiger partial charge in [0.05, 0.1) is 0 Å². The summed E-state index contributed by atoms with van der Waals surface area (Å²) < 4.78 is 25.1. The van der Waals surface area contributed by atoms with E-state index in [0.29, 0.717) is 0 Å². The molecule has 0 aromatic heterocycles. The highest BCUT2D eigenvalue weighted by molar-refractivity contribution is 8.28. The van der Waals surface area contributed by atoms with Gasteiger partial charge in [-0.25, -0.2) is 8.78 Å². The van der Waals surface area contributed by atoms with Crippen molar-refractivity contribution in [1.82, 2.24) is 0 Å². The van der Waals surface area contributed by atoms with Crippen molar-refractivity contribution in [3.63, 3.8) is 0 Å². The number of hydrogen-bond acceptors (Lipinski definition) is 1. The summed E-state index contributed by atoms with van der Waals surface area (Å²) in [4.78, 5) is 0.944. The maximum atomic E-state index is 12.5. The molecule has 1 aromatic carbocycles. The van der Waals surface area contributed by atoms with Crippen molar-refractivity contribution in [1.29, 1.82) is 0 Å². The van der Waals surface area contributed by atoms with Gasteiger partial charge in [0.15, 0.2) is 7.22 Å². The molecular weight excluding hydrogens is 206 g/mol. The van der Waals surface area contributed by atoms with E-state index >= 15 is 0 Å². The van der Waals surface area contributed by atoms with Crippen molar-refractivity contribution < 1.29 is 8.78 Å². The van der Waals surface area contributed by atoms with E-state index in [4.69, 9.17) is 0 Å². The van der Waals surface area contributed by atoms with Crippen molar-refractivity contribution in [2.24, 2.45) is 0 Å². The molecule has 1 aromatic rings. The van der Waals surface area contributed by atoms with Crippen molar-refractivity contribution in [2.75, 3.05) is 0 Å². The fourth-order valence-electron chi connectivity index (χ4n) is 0.837. The molecule has 0 spiro atoms. The van der Waals surface area contributed by atoms with Gasteiger partial charge in [-0.1, -0.05) is 31.3 Å². The zero-order valence-electron chi connectivity index (χ0n) is 7.63. The molecule has 1 rings (SSSR count). The van der Waals surface area contributed by atoms with E-state index in [1.807, 2.05) is 30.3 Å². The van der Waals surface area contributed by atoms with Gasteiger partial charge in [0.1, 0.15) is 0 Å². The first-order valence-electron chi connectivity index (χ1n) is 4.04. The lowest BCUT2D eigenvalue weighted by atomic mass is 10.4. The molecule has 0 nitrogen and oxygen atoms in total. The lowest BCUT2D eigenvalue weighted by molar-refractivity contribution is 0.232. The summed E-state index contributed by atoms with van der Waals surface area (Å²) in [5, 5.41) is 0. The minimum Gasteiger partial charge on any atom is -0.214 e. The average molecular weight is 218 g/mol. The molecule has 72 valence electrons. The second kappa shape index (κ2) is 4.24. The van der Waals surface area contributed by atoms with Crippen LogP contribution < -0.4 is 0 Å². The Morgan fingerprint density at radius 1 is 1.15 bits per heavy atom. The minimum absolute atomic E-state index is 0.944. The molecule has 0 aliphatic carbocycles. The molecule has 13 heavy (non-hydrogen) atoms. The topological polar surface area (TPSA) is 0 Å². The molecule has 0 fully saturated rings. The predicted molar refractivity (Wildman–Crippen MR) is 55.8 cm³/mol. The van der Waals surface area contributed by atoms with Crippen LogP contribution in [0.2, 0.25) is 13.1 Å². The first-order valence-corrected chi connectivity index (χ1v) is 8.66. The fourth-order valence-corrected chi connectivity index (χ4v) is 4.32. The highest BCUT2D eigenvalue weighted by Crippen LogP contribution is 2.33. The summed E-state index contributed by atoms with van der Waals surface area (Å²) in [6.45, 7) is 3.38. The Morgan fingerprint density at radius 3 is 2.15 bits per heavy atom. The number of alkyl halides is 2. The van der Waals surface area contributed by atoms with Crippen molar-refractivity contribution in [3.05, 3.63) is 30.3 Å². The molecule has 0 aliphatic rings. The molecular formula is C9H12F2SSi. The molecule has 0 saturated heterocycles. The third-order valence-electron chi connectivity index (χ3n) is 1.65. The van der Waals surface area contributed by atoms with E-state index in [1.165, 1.54) is 11.2 Å². The molecule has 0 atom stereocenters. The zero-order valence-corrected chi connectivity index (χ0v) is 9.44. The number of halogens is 2. The monoisotopic (exact) mass is 218 g/mol. The van der Waals surface area contributed by atoms with Gasteiger partial charge in [0, 0.05) is 4.90 Å². The molecule has 0 saturated carbocycles. The normalized spacial score (nSPS) is 12.1. The van der Waals surface area contributed by atoms with Crippen LogP contribution in [0.15, 0.2) is 35.2 Å². The second-order valence-electron chi connectivity index (χ2n) is 3.32. The molecule has 0 unspecified atom stereocenters. The SMILES string of the molecule is C[Si](C)(Sc1ccccc1)C(F)F. The van der Waals surface area contributed by atoms with E-state index in [-0.39, 0.29) is 0 Å². The molecule has 0 amide bonds. The van der Waals surface area contributed by atoms with Crippen LogP contribution >= 0.6 is 11.2 Å².